The van der Waals surface area contributed by atoms with Crippen molar-refractivity contribution < 1.29 is 9.90 Å². The third-order valence-corrected chi connectivity index (χ3v) is 5.67. The first-order valence-corrected chi connectivity index (χ1v) is 9.30. The largest absolute Gasteiger partial charge is 0.390 e. The van der Waals surface area contributed by atoms with Crippen LogP contribution >= 0.6 is 0 Å². The second-order valence-corrected chi connectivity index (χ2v) is 7.45. The summed E-state index contributed by atoms with van der Waals surface area (Å²) in [5.41, 5.74) is 3.79. The summed E-state index contributed by atoms with van der Waals surface area (Å²) in [6.45, 7) is 7.52. The molecule has 0 aromatic heterocycles. The number of aliphatic hydroxyl groups is 1. The standard InChI is InChI=1S/C20H30N2O2/c1-15-6-7-17(12-16(15)2)8-9-20(24)22-13-18(19(23)14-22)21-10-4-3-5-11-21/h6-7,12,18-19,23H,3-5,8-11,13-14H2,1-2H3. The van der Waals surface area contributed by atoms with Crippen LogP contribution in [0.1, 0.15) is 42.4 Å². The fourth-order valence-corrected chi connectivity index (χ4v) is 3.95. The molecule has 0 aliphatic carbocycles. The van der Waals surface area contributed by atoms with Crippen molar-refractivity contribution in [1.29, 1.82) is 0 Å². The first-order chi connectivity index (χ1) is 11.5. The Bertz CT molecular complexity index is 581. The van der Waals surface area contributed by atoms with Gasteiger partial charge in [0, 0.05) is 19.5 Å². The molecule has 2 heterocycles. The summed E-state index contributed by atoms with van der Waals surface area (Å²) < 4.78 is 0. The van der Waals surface area contributed by atoms with E-state index in [4.69, 9.17) is 0 Å². The minimum absolute atomic E-state index is 0.135. The normalized spacial score (nSPS) is 25.2. The van der Waals surface area contributed by atoms with Gasteiger partial charge in [0.1, 0.15) is 0 Å². The molecule has 1 N–H and O–H groups in total. The Morgan fingerprint density at radius 2 is 1.88 bits per heavy atom. The van der Waals surface area contributed by atoms with E-state index in [1.165, 1.54) is 36.0 Å². The van der Waals surface area contributed by atoms with Gasteiger partial charge >= 0.3 is 0 Å². The van der Waals surface area contributed by atoms with Crippen LogP contribution in [-0.2, 0) is 11.2 Å². The summed E-state index contributed by atoms with van der Waals surface area (Å²) in [4.78, 5) is 16.8. The zero-order chi connectivity index (χ0) is 17.1. The van der Waals surface area contributed by atoms with E-state index in [9.17, 15) is 9.90 Å². The number of β-amino-alcohol motifs (C(OH)–C–C–N with tert-alkyl or cyclic N) is 1. The SMILES string of the molecule is Cc1ccc(CCC(=O)N2CC(O)C(N3CCCCC3)C2)cc1C. The fraction of sp³-hybridized carbons (Fsp3) is 0.650. The van der Waals surface area contributed by atoms with E-state index in [2.05, 4.69) is 36.9 Å². The molecule has 24 heavy (non-hydrogen) atoms. The van der Waals surface area contributed by atoms with Crippen molar-refractivity contribution in [3.05, 3.63) is 34.9 Å². The second kappa shape index (κ2) is 7.66. The number of hydrogen-bond donors (Lipinski definition) is 1. The molecule has 2 unspecified atom stereocenters. The van der Waals surface area contributed by atoms with E-state index in [0.29, 0.717) is 19.5 Å². The summed E-state index contributed by atoms with van der Waals surface area (Å²) >= 11 is 0. The number of rotatable bonds is 4. The van der Waals surface area contributed by atoms with Crippen molar-refractivity contribution in [1.82, 2.24) is 9.80 Å². The number of carbonyl (C=O) groups is 1. The van der Waals surface area contributed by atoms with Gasteiger partial charge in [-0.25, -0.2) is 0 Å². The van der Waals surface area contributed by atoms with Gasteiger partial charge in [-0.05, 0) is 62.9 Å². The minimum Gasteiger partial charge on any atom is -0.390 e. The van der Waals surface area contributed by atoms with Crippen LogP contribution in [0.3, 0.4) is 0 Å². The van der Waals surface area contributed by atoms with Crippen molar-refractivity contribution in [3.63, 3.8) is 0 Å². The lowest BCUT2D eigenvalue weighted by molar-refractivity contribution is -0.130. The van der Waals surface area contributed by atoms with E-state index >= 15 is 0 Å². The van der Waals surface area contributed by atoms with Crippen LogP contribution in [0.4, 0.5) is 0 Å². The molecule has 0 saturated carbocycles. The Kier molecular flexibility index (Phi) is 5.57. The summed E-state index contributed by atoms with van der Waals surface area (Å²) in [5, 5.41) is 10.4. The van der Waals surface area contributed by atoms with Gasteiger partial charge < -0.3 is 10.0 Å². The predicted molar refractivity (Wildman–Crippen MR) is 96.0 cm³/mol. The van der Waals surface area contributed by atoms with E-state index in [1.54, 1.807) is 0 Å². The molecule has 2 saturated heterocycles. The molecule has 2 atom stereocenters. The molecule has 1 aromatic rings. The van der Waals surface area contributed by atoms with Crippen LogP contribution in [-0.4, -0.2) is 59.1 Å². The number of aryl methyl sites for hydroxylation is 3. The van der Waals surface area contributed by atoms with Crippen LogP contribution < -0.4 is 0 Å². The van der Waals surface area contributed by atoms with E-state index in [-0.39, 0.29) is 11.9 Å². The number of hydrogen-bond acceptors (Lipinski definition) is 3. The summed E-state index contributed by atoms with van der Waals surface area (Å²) in [7, 11) is 0. The van der Waals surface area contributed by atoms with Crippen LogP contribution in [0.15, 0.2) is 18.2 Å². The second-order valence-electron chi connectivity index (χ2n) is 7.45. The molecule has 3 rings (SSSR count). The van der Waals surface area contributed by atoms with E-state index in [0.717, 1.165) is 19.5 Å². The number of likely N-dealkylation sites (tertiary alicyclic amines) is 2. The van der Waals surface area contributed by atoms with Gasteiger partial charge in [0.2, 0.25) is 5.91 Å². The van der Waals surface area contributed by atoms with Crippen molar-refractivity contribution >= 4 is 5.91 Å². The van der Waals surface area contributed by atoms with Gasteiger partial charge in [0.05, 0.1) is 12.1 Å². The molecule has 1 amide bonds. The third kappa shape index (κ3) is 3.98. The van der Waals surface area contributed by atoms with Gasteiger partial charge in [-0.3, -0.25) is 9.69 Å². The van der Waals surface area contributed by atoms with Crippen LogP contribution in [0, 0.1) is 13.8 Å². The minimum atomic E-state index is -0.395. The topological polar surface area (TPSA) is 43.8 Å². The maximum absolute atomic E-state index is 12.5. The highest BCUT2D eigenvalue weighted by molar-refractivity contribution is 5.77. The molecular formula is C20H30N2O2. The molecule has 0 bridgehead atoms. The number of aliphatic hydroxyl groups excluding tert-OH is 1. The van der Waals surface area contributed by atoms with Gasteiger partial charge in [0.15, 0.2) is 0 Å². The lowest BCUT2D eigenvalue weighted by atomic mass is 10.0. The lowest BCUT2D eigenvalue weighted by Gasteiger charge is -2.33. The van der Waals surface area contributed by atoms with E-state index in [1.807, 2.05) is 4.90 Å². The van der Waals surface area contributed by atoms with Gasteiger partial charge in [-0.15, -0.1) is 0 Å². The first-order valence-electron chi connectivity index (χ1n) is 9.30. The van der Waals surface area contributed by atoms with Crippen molar-refractivity contribution in [3.8, 4) is 0 Å². The molecule has 0 spiro atoms. The predicted octanol–water partition coefficient (Wildman–Crippen LogP) is 2.29. The molecule has 2 aliphatic heterocycles. The van der Waals surface area contributed by atoms with E-state index < -0.39 is 6.10 Å². The summed E-state index contributed by atoms with van der Waals surface area (Å²) in [6, 6.07) is 6.56. The monoisotopic (exact) mass is 330 g/mol. The number of piperidine rings is 1. The molecule has 4 nitrogen and oxygen atoms in total. The van der Waals surface area contributed by atoms with Crippen LogP contribution in [0.2, 0.25) is 0 Å². The maximum Gasteiger partial charge on any atom is 0.223 e. The molecule has 0 radical (unpaired) electrons. The Hall–Kier alpha value is -1.39. The average molecular weight is 330 g/mol. The summed E-state index contributed by atoms with van der Waals surface area (Å²) in [5.74, 6) is 0.173. The number of benzene rings is 1. The van der Waals surface area contributed by atoms with Crippen molar-refractivity contribution in [2.45, 2.75) is 58.1 Å². The Balaban J connectivity index is 1.52. The smallest absolute Gasteiger partial charge is 0.223 e. The molecule has 1 aromatic carbocycles. The first kappa shape index (κ1) is 17.4. The highest BCUT2D eigenvalue weighted by Gasteiger charge is 2.37. The van der Waals surface area contributed by atoms with Crippen molar-refractivity contribution in [2.75, 3.05) is 26.2 Å². The zero-order valence-corrected chi connectivity index (χ0v) is 15.0. The van der Waals surface area contributed by atoms with Gasteiger partial charge in [0.25, 0.3) is 0 Å². The zero-order valence-electron chi connectivity index (χ0n) is 15.0. The van der Waals surface area contributed by atoms with Crippen LogP contribution in [0.25, 0.3) is 0 Å². The molecular weight excluding hydrogens is 300 g/mol. The van der Waals surface area contributed by atoms with Crippen molar-refractivity contribution in [2.24, 2.45) is 0 Å². The third-order valence-electron chi connectivity index (χ3n) is 5.67. The lowest BCUT2D eigenvalue weighted by Crippen LogP contribution is -2.46. The maximum atomic E-state index is 12.5. The highest BCUT2D eigenvalue weighted by atomic mass is 16.3. The average Bonchev–Trinajstić information content (AvgIpc) is 2.98. The Morgan fingerprint density at radius 3 is 2.58 bits per heavy atom. The van der Waals surface area contributed by atoms with Crippen LogP contribution in [0.5, 0.6) is 0 Å². The number of amides is 1. The molecule has 4 heteroatoms. The number of nitrogens with zero attached hydrogens (tertiary/aromatic N) is 2. The number of carbonyl (C=O) groups excluding carboxylic acids is 1. The Morgan fingerprint density at radius 1 is 1.12 bits per heavy atom. The quantitative estimate of drug-likeness (QED) is 0.921. The van der Waals surface area contributed by atoms with Gasteiger partial charge in [-0.2, -0.15) is 0 Å². The molecule has 132 valence electrons. The fourth-order valence-electron chi connectivity index (χ4n) is 3.95. The Labute approximate surface area is 145 Å². The highest BCUT2D eigenvalue weighted by Crippen LogP contribution is 2.22. The van der Waals surface area contributed by atoms with Gasteiger partial charge in [-0.1, -0.05) is 24.6 Å². The molecule has 2 fully saturated rings. The summed E-state index contributed by atoms with van der Waals surface area (Å²) in [6.07, 6.45) is 4.63. The molecule has 2 aliphatic rings.